The number of nitrogens with one attached hydrogen (secondary N) is 2. The number of halogens is 1. The monoisotopic (exact) mass is 599 g/mol. The molecule has 0 bridgehead atoms. The Labute approximate surface area is 249 Å². The molecule has 0 spiro atoms. The Morgan fingerprint density at radius 2 is 1.80 bits per heavy atom. The zero-order valence-electron chi connectivity index (χ0n) is 24.6. The maximum absolute atomic E-state index is 12.8. The Morgan fingerprint density at radius 1 is 1.10 bits per heavy atom. The Balaban J connectivity index is 1.42. The van der Waals surface area contributed by atoms with E-state index in [2.05, 4.69) is 61.2 Å². The van der Waals surface area contributed by atoms with Crippen molar-refractivity contribution >= 4 is 53.7 Å². The van der Waals surface area contributed by atoms with E-state index in [0.717, 1.165) is 42.9 Å². The van der Waals surface area contributed by atoms with Crippen molar-refractivity contribution in [3.63, 3.8) is 0 Å². The zero-order valence-corrected chi connectivity index (χ0v) is 26.3. The Bertz CT molecular complexity index is 1300. The van der Waals surface area contributed by atoms with Crippen LogP contribution < -0.4 is 25.6 Å². The lowest BCUT2D eigenvalue weighted by molar-refractivity contribution is 0.0982. The number of hydrogen-bond acceptors (Lipinski definition) is 8. The molecule has 2 aliphatic heterocycles. The summed E-state index contributed by atoms with van der Waals surface area (Å²) in [6.45, 7) is 13.9. The number of aliphatic imine (C=N–C) groups is 2. The number of amidine groups is 1. The van der Waals surface area contributed by atoms with Gasteiger partial charge in [-0.15, -0.1) is 0 Å². The van der Waals surface area contributed by atoms with Gasteiger partial charge in [-0.2, -0.15) is 0 Å². The van der Waals surface area contributed by atoms with Gasteiger partial charge in [-0.3, -0.25) is 9.89 Å². The number of piperidine rings is 1. The minimum Gasteiger partial charge on any atom is -0.495 e. The van der Waals surface area contributed by atoms with Crippen molar-refractivity contribution in [2.75, 3.05) is 89.0 Å². The summed E-state index contributed by atoms with van der Waals surface area (Å²) in [7, 11) is 1.36. The number of hydrogen-bond donors (Lipinski definition) is 2. The topological polar surface area (TPSA) is 84.8 Å². The van der Waals surface area contributed by atoms with Crippen LogP contribution in [0.15, 0.2) is 63.7 Å². The highest BCUT2D eigenvalue weighted by Crippen LogP contribution is 2.38. The average Bonchev–Trinajstić information content (AvgIpc) is 2.97. The second-order valence-corrected chi connectivity index (χ2v) is 14.5. The van der Waals surface area contributed by atoms with Crippen molar-refractivity contribution in [3.8, 4) is 5.75 Å². The zero-order chi connectivity index (χ0) is 29.4. The lowest BCUT2D eigenvalue weighted by Gasteiger charge is -2.42. The van der Waals surface area contributed by atoms with Crippen molar-refractivity contribution in [2.45, 2.75) is 18.9 Å². The lowest BCUT2D eigenvalue weighted by atomic mass is 10.0. The third-order valence-electron chi connectivity index (χ3n) is 7.74. The van der Waals surface area contributed by atoms with Gasteiger partial charge in [-0.05, 0) is 64.2 Å². The molecule has 0 atom stereocenters. The van der Waals surface area contributed by atoms with Gasteiger partial charge in [0.1, 0.15) is 30.4 Å². The van der Waals surface area contributed by atoms with Gasteiger partial charge in [0.15, 0.2) is 0 Å². The molecule has 222 valence electrons. The largest absolute Gasteiger partial charge is 0.495 e. The van der Waals surface area contributed by atoms with Crippen molar-refractivity contribution in [3.05, 3.63) is 53.7 Å². The highest BCUT2D eigenvalue weighted by molar-refractivity contribution is 7.70. The molecule has 0 unspecified atom stereocenters. The summed E-state index contributed by atoms with van der Waals surface area (Å²) in [6.07, 6.45) is 3.79. The number of rotatable bonds is 10. The molecule has 9 nitrogen and oxygen atoms in total. The number of nitrogens with zero attached hydrogens (tertiary/aromatic N) is 5. The van der Waals surface area contributed by atoms with E-state index in [0.29, 0.717) is 22.6 Å². The quantitative estimate of drug-likeness (QED) is 0.230. The summed E-state index contributed by atoms with van der Waals surface area (Å²) >= 11 is 6.48. The summed E-state index contributed by atoms with van der Waals surface area (Å²) in [6, 6.07) is 14.4. The Morgan fingerprint density at radius 3 is 2.46 bits per heavy atom. The molecule has 41 heavy (non-hydrogen) atoms. The lowest BCUT2D eigenvalue weighted by Crippen LogP contribution is -2.52. The number of benzene rings is 2. The Kier molecular flexibility index (Phi) is 10.9. The molecule has 2 fully saturated rings. The van der Waals surface area contributed by atoms with E-state index in [1.165, 1.54) is 37.8 Å². The van der Waals surface area contributed by atoms with E-state index in [1.807, 2.05) is 30.3 Å². The smallest absolute Gasteiger partial charge is 0.147 e. The molecule has 2 N–H and O–H groups in total. The summed E-state index contributed by atoms with van der Waals surface area (Å²) in [4.78, 5) is 16.0. The minimum atomic E-state index is -2.53. The van der Waals surface area contributed by atoms with Crippen LogP contribution in [-0.4, -0.2) is 102 Å². The van der Waals surface area contributed by atoms with Crippen LogP contribution in [-0.2, 0) is 4.57 Å². The van der Waals surface area contributed by atoms with E-state index >= 15 is 0 Å². The molecule has 2 heterocycles. The normalized spacial score (nSPS) is 18.3. The highest BCUT2D eigenvalue weighted by atomic mass is 35.5. The van der Waals surface area contributed by atoms with Crippen molar-refractivity contribution in [2.24, 2.45) is 9.98 Å². The average molecular weight is 600 g/mol. The summed E-state index contributed by atoms with van der Waals surface area (Å²) in [5, 5.41) is 7.59. The number of likely N-dealkylation sites (N-methyl/N-ethyl adjacent to an activating group) is 1. The molecule has 2 saturated heterocycles. The molecule has 2 aromatic carbocycles. The standard InChI is InChI=1S/C30H43ClN7O2P/c1-32-21-25(31)30(35-27-8-6-7-9-29(27)41(4,5)39)34-22-33-26-11-10-24(20-28(26)40-3)37-14-12-23(13-15-37)38-18-16-36(2)17-19-38/h6-11,20-21,23,33H,1,12-19,22H2,2-5H3,(H,34,35)/b25-21+. The first-order valence-electron chi connectivity index (χ1n) is 14.1. The fourth-order valence-electron chi connectivity index (χ4n) is 5.40. The van der Waals surface area contributed by atoms with E-state index < -0.39 is 7.14 Å². The first kappa shape index (κ1) is 31.1. The highest BCUT2D eigenvalue weighted by Gasteiger charge is 2.27. The van der Waals surface area contributed by atoms with Gasteiger partial charge < -0.3 is 29.7 Å². The number of methoxy groups -OCH3 is 1. The maximum Gasteiger partial charge on any atom is 0.147 e. The van der Waals surface area contributed by atoms with Crippen molar-refractivity contribution < 1.29 is 9.30 Å². The van der Waals surface area contributed by atoms with Crippen molar-refractivity contribution in [1.29, 1.82) is 0 Å². The van der Waals surface area contributed by atoms with Gasteiger partial charge >= 0.3 is 0 Å². The summed E-state index contributed by atoms with van der Waals surface area (Å²) < 4.78 is 18.6. The first-order valence-corrected chi connectivity index (χ1v) is 17.0. The summed E-state index contributed by atoms with van der Waals surface area (Å²) in [5.41, 5.74) is 2.69. The minimum absolute atomic E-state index is 0.230. The number of piperazine rings is 1. The first-order chi connectivity index (χ1) is 19.7. The van der Waals surface area contributed by atoms with Gasteiger partial charge in [0.05, 0.1) is 18.5 Å². The van der Waals surface area contributed by atoms with Crippen LogP contribution >= 0.6 is 18.7 Å². The van der Waals surface area contributed by atoms with Gasteiger partial charge in [0, 0.05) is 68.6 Å². The molecular formula is C30H43ClN7O2P. The van der Waals surface area contributed by atoms with Crippen LogP contribution in [0.5, 0.6) is 5.75 Å². The fourth-order valence-corrected chi connectivity index (χ4v) is 6.73. The van der Waals surface area contributed by atoms with E-state index in [4.69, 9.17) is 16.3 Å². The molecule has 11 heteroatoms. The van der Waals surface area contributed by atoms with E-state index in [1.54, 1.807) is 20.4 Å². The van der Waals surface area contributed by atoms with Crippen LogP contribution in [0.2, 0.25) is 0 Å². The van der Waals surface area contributed by atoms with Crippen LogP contribution in [0.1, 0.15) is 12.8 Å². The molecule has 2 aliphatic rings. The van der Waals surface area contributed by atoms with Gasteiger partial charge in [0.2, 0.25) is 0 Å². The molecule has 0 amide bonds. The molecule has 4 rings (SSSR count). The van der Waals surface area contributed by atoms with Crippen LogP contribution in [0.3, 0.4) is 0 Å². The van der Waals surface area contributed by atoms with E-state index in [-0.39, 0.29) is 6.67 Å². The van der Waals surface area contributed by atoms with Crippen LogP contribution in [0, 0.1) is 0 Å². The molecule has 0 aliphatic carbocycles. The second kappa shape index (κ2) is 14.4. The molecule has 2 aromatic rings. The SMILES string of the molecule is C=N/C=C(/Cl)C(=NCNc1ccc(N2CCC(N3CCN(C)CC3)CC2)cc1OC)Nc1ccccc1P(C)(C)=O. The van der Waals surface area contributed by atoms with Gasteiger partial charge in [-0.1, -0.05) is 23.7 Å². The maximum atomic E-state index is 12.8. The van der Waals surface area contributed by atoms with Crippen LogP contribution in [0.4, 0.5) is 17.1 Å². The fraction of sp³-hybridized carbons (Fsp3) is 0.467. The number of para-hydroxylation sites is 1. The summed E-state index contributed by atoms with van der Waals surface area (Å²) in [5.74, 6) is 1.15. The molecule has 0 radical (unpaired) electrons. The van der Waals surface area contributed by atoms with Crippen LogP contribution in [0.25, 0.3) is 0 Å². The third kappa shape index (κ3) is 8.35. The number of ether oxygens (including phenoxy) is 1. The van der Waals surface area contributed by atoms with Gasteiger partial charge in [0.25, 0.3) is 0 Å². The molecule has 0 aromatic heterocycles. The van der Waals surface area contributed by atoms with E-state index in [9.17, 15) is 4.57 Å². The third-order valence-corrected chi connectivity index (χ3v) is 9.57. The van der Waals surface area contributed by atoms with Crippen molar-refractivity contribution in [1.82, 2.24) is 9.80 Å². The predicted octanol–water partition coefficient (Wildman–Crippen LogP) is 4.82. The molecule has 0 saturated carbocycles. The number of anilines is 3. The molecular weight excluding hydrogens is 557 g/mol. The van der Waals surface area contributed by atoms with Gasteiger partial charge in [-0.25, -0.2) is 4.99 Å². The second-order valence-electron chi connectivity index (χ2n) is 10.9. The Hall–Kier alpha value is -2.84. The predicted molar refractivity (Wildman–Crippen MR) is 176 cm³/mol.